The predicted octanol–water partition coefficient (Wildman–Crippen LogP) is 4.45. The van der Waals surface area contributed by atoms with Gasteiger partial charge in [-0.15, -0.1) is 0 Å². The molecule has 0 unspecified atom stereocenters. The third-order valence-electron chi connectivity index (χ3n) is 15.3. The SMILES string of the molecule is CN1C(C)(C)CC(O)CC1(C)C.CN1C(C)(C)CC(O)CC1(C)C.CN1C(C)(C)CC(O)CC1(C)C.CN1C(C)(C)CC(O)CC1(C)C.O=C(O)CN(CCN(CC(=O)O)CC(=O)O)CC(=O)O. The first-order valence-electron chi connectivity index (χ1n) is 24.2. The first kappa shape index (κ1) is 65.5. The minimum absolute atomic E-state index is 0.0703. The van der Waals surface area contributed by atoms with Crippen LogP contribution in [0.5, 0.6) is 0 Å². The molecule has 4 aliphatic rings. The molecule has 18 heteroatoms. The van der Waals surface area contributed by atoms with Crippen LogP contribution in [0.25, 0.3) is 0 Å². The van der Waals surface area contributed by atoms with Crippen LogP contribution in [0, 0.1) is 0 Å². The first-order valence-corrected chi connectivity index (χ1v) is 24.2. The van der Waals surface area contributed by atoms with Gasteiger partial charge in [0.1, 0.15) is 0 Å². The van der Waals surface area contributed by atoms with Crippen molar-refractivity contribution in [3.05, 3.63) is 0 Å². The average molecular weight is 977 g/mol. The van der Waals surface area contributed by atoms with E-state index in [4.69, 9.17) is 20.4 Å². The van der Waals surface area contributed by atoms with Crippen molar-refractivity contribution in [2.45, 2.75) is 231 Å². The van der Waals surface area contributed by atoms with Gasteiger partial charge in [0, 0.05) is 57.4 Å². The molecule has 0 amide bonds. The van der Waals surface area contributed by atoms with E-state index in [2.05, 4.69) is 159 Å². The second-order valence-electron chi connectivity index (χ2n) is 25.0. The molecule has 0 spiro atoms. The Hall–Kier alpha value is -2.52. The van der Waals surface area contributed by atoms with E-state index in [0.717, 1.165) is 61.2 Å². The van der Waals surface area contributed by atoms with E-state index in [1.165, 1.54) is 0 Å². The summed E-state index contributed by atoms with van der Waals surface area (Å²) in [6.07, 6.45) is 6.52. The van der Waals surface area contributed by atoms with Crippen LogP contribution in [0.1, 0.15) is 162 Å². The minimum Gasteiger partial charge on any atom is -0.480 e. The lowest BCUT2D eigenvalue weighted by molar-refractivity contribution is -0.145. The molecule has 4 fully saturated rings. The Morgan fingerprint density at radius 3 is 0.559 bits per heavy atom. The number of piperidine rings is 4. The van der Waals surface area contributed by atoms with E-state index in [0.29, 0.717) is 0 Å². The Morgan fingerprint density at radius 2 is 0.456 bits per heavy atom. The van der Waals surface area contributed by atoms with Gasteiger partial charge < -0.3 is 40.9 Å². The van der Waals surface area contributed by atoms with E-state index in [1.807, 2.05) is 0 Å². The van der Waals surface area contributed by atoms with Gasteiger partial charge in [0.2, 0.25) is 0 Å². The van der Waals surface area contributed by atoms with Crippen molar-refractivity contribution in [1.82, 2.24) is 29.4 Å². The molecule has 4 aliphatic heterocycles. The molecule has 4 saturated heterocycles. The fourth-order valence-electron chi connectivity index (χ4n) is 10.8. The zero-order valence-corrected chi connectivity index (χ0v) is 46.1. The second kappa shape index (κ2) is 25.2. The zero-order chi connectivity index (χ0) is 54.0. The fraction of sp³-hybridized carbons (Fsp3) is 0.920. The summed E-state index contributed by atoms with van der Waals surface area (Å²) >= 11 is 0. The summed E-state index contributed by atoms with van der Waals surface area (Å²) in [7, 11) is 8.58. The average Bonchev–Trinajstić information content (AvgIpc) is 3.08. The van der Waals surface area contributed by atoms with Crippen molar-refractivity contribution >= 4 is 23.9 Å². The van der Waals surface area contributed by atoms with Gasteiger partial charge in [-0.3, -0.25) is 48.6 Å². The number of aliphatic hydroxyl groups excluding tert-OH is 4. The lowest BCUT2D eigenvalue weighted by atomic mass is 9.79. The van der Waals surface area contributed by atoms with Gasteiger partial charge in [0.05, 0.1) is 50.6 Å². The van der Waals surface area contributed by atoms with Crippen LogP contribution >= 0.6 is 0 Å². The summed E-state index contributed by atoms with van der Waals surface area (Å²) in [5.41, 5.74) is 1.01. The standard InChI is InChI=1S/C10H16N2O8.4C10H21NO/c13-7(14)3-11(4-8(15)16)1-2-12(5-9(17)18)6-10(19)20;4*1-9(2)6-8(12)7-10(3,4)11(9)5/h1-6H2,(H,13,14)(H,15,16)(H,17,18)(H,19,20);4*8,12H,6-7H2,1-5H3. The molecular weight excluding hydrogens is 877 g/mol. The van der Waals surface area contributed by atoms with Crippen molar-refractivity contribution in [3.63, 3.8) is 0 Å². The van der Waals surface area contributed by atoms with Gasteiger partial charge in [-0.1, -0.05) is 0 Å². The Balaban J connectivity index is 0.000000839. The highest BCUT2D eigenvalue weighted by atomic mass is 16.4. The molecule has 0 saturated carbocycles. The van der Waals surface area contributed by atoms with E-state index in [9.17, 15) is 39.6 Å². The van der Waals surface area contributed by atoms with Gasteiger partial charge in [-0.05, 0) is 190 Å². The number of nitrogens with zero attached hydrogens (tertiary/aromatic N) is 6. The minimum atomic E-state index is -1.23. The lowest BCUT2D eigenvalue weighted by Crippen LogP contribution is -2.59. The molecule has 0 aromatic rings. The van der Waals surface area contributed by atoms with Crippen molar-refractivity contribution < 1.29 is 60.0 Å². The lowest BCUT2D eigenvalue weighted by Gasteiger charge is -2.52. The van der Waals surface area contributed by atoms with Crippen molar-refractivity contribution in [3.8, 4) is 0 Å². The number of carbonyl (C=O) groups is 4. The number of carboxylic acid groups (broad SMARTS) is 4. The fourth-order valence-corrected chi connectivity index (χ4v) is 10.8. The molecule has 8 N–H and O–H groups in total. The first-order chi connectivity index (χ1) is 30.2. The number of hydrogen-bond donors (Lipinski definition) is 8. The molecule has 0 aromatic carbocycles. The molecule has 0 radical (unpaired) electrons. The van der Waals surface area contributed by atoms with Gasteiger partial charge >= 0.3 is 23.9 Å². The number of likely N-dealkylation sites (tertiary alicyclic amines) is 4. The molecule has 18 nitrogen and oxygen atoms in total. The molecule has 0 aromatic heterocycles. The molecule has 0 bridgehead atoms. The maximum Gasteiger partial charge on any atom is 0.317 e. The maximum absolute atomic E-state index is 10.6. The van der Waals surface area contributed by atoms with Crippen LogP contribution in [0.3, 0.4) is 0 Å². The largest absolute Gasteiger partial charge is 0.480 e. The number of hydrogen-bond acceptors (Lipinski definition) is 14. The quantitative estimate of drug-likeness (QED) is 0.142. The Bertz CT molecular complexity index is 1320. The molecule has 4 heterocycles. The summed E-state index contributed by atoms with van der Waals surface area (Å²) < 4.78 is 0. The summed E-state index contributed by atoms with van der Waals surface area (Å²) in [4.78, 5) is 53.8. The van der Waals surface area contributed by atoms with Gasteiger partial charge in [-0.2, -0.15) is 0 Å². The predicted molar refractivity (Wildman–Crippen MR) is 268 cm³/mol. The topological polar surface area (TPSA) is 250 Å². The van der Waals surface area contributed by atoms with Gasteiger partial charge in [0.15, 0.2) is 0 Å². The van der Waals surface area contributed by atoms with Crippen molar-refractivity contribution in [2.24, 2.45) is 0 Å². The molecule has 0 atom stereocenters. The monoisotopic (exact) mass is 977 g/mol. The third kappa shape index (κ3) is 21.9. The van der Waals surface area contributed by atoms with Gasteiger partial charge in [0.25, 0.3) is 0 Å². The highest BCUT2D eigenvalue weighted by Gasteiger charge is 2.45. The van der Waals surface area contributed by atoms with Crippen LogP contribution in [-0.4, -0.2) is 230 Å². The Morgan fingerprint density at radius 1 is 0.338 bits per heavy atom. The van der Waals surface area contributed by atoms with Crippen molar-refractivity contribution in [2.75, 3.05) is 67.5 Å². The van der Waals surface area contributed by atoms with E-state index < -0.39 is 50.1 Å². The van der Waals surface area contributed by atoms with Crippen molar-refractivity contribution in [1.29, 1.82) is 0 Å². The normalized spacial score (nSPS) is 24.7. The Labute approximate surface area is 410 Å². The van der Waals surface area contributed by atoms with Crippen LogP contribution in [-0.2, 0) is 19.2 Å². The molecule has 4 rings (SSSR count). The van der Waals surface area contributed by atoms with E-state index >= 15 is 0 Å². The Kier molecular flexibility index (Phi) is 24.3. The molecule has 402 valence electrons. The summed E-state index contributed by atoms with van der Waals surface area (Å²) in [5, 5.41) is 73.2. The second-order valence-corrected chi connectivity index (χ2v) is 25.0. The maximum atomic E-state index is 10.6. The van der Waals surface area contributed by atoms with Crippen LogP contribution in [0.2, 0.25) is 0 Å². The summed E-state index contributed by atoms with van der Waals surface area (Å²) in [5.74, 6) is -4.91. The number of carboxylic acids is 4. The highest BCUT2D eigenvalue weighted by Crippen LogP contribution is 2.39. The smallest absolute Gasteiger partial charge is 0.317 e. The number of aliphatic hydroxyl groups is 4. The van der Waals surface area contributed by atoms with Crippen LogP contribution in [0.15, 0.2) is 0 Å². The molecule has 0 aliphatic carbocycles. The summed E-state index contributed by atoms with van der Waals surface area (Å²) in [6.45, 7) is 32.8. The van der Waals surface area contributed by atoms with Gasteiger partial charge in [-0.25, -0.2) is 0 Å². The third-order valence-corrected chi connectivity index (χ3v) is 15.3. The number of aliphatic carboxylic acids is 4. The molecule has 68 heavy (non-hydrogen) atoms. The van der Waals surface area contributed by atoms with Crippen LogP contribution in [0.4, 0.5) is 0 Å². The van der Waals surface area contributed by atoms with E-state index in [1.54, 1.807) is 0 Å². The van der Waals surface area contributed by atoms with Crippen LogP contribution < -0.4 is 0 Å². The number of rotatable bonds is 11. The zero-order valence-electron chi connectivity index (χ0n) is 46.1. The molecular formula is C50H100N6O12. The highest BCUT2D eigenvalue weighted by molar-refractivity contribution is 5.73. The van der Waals surface area contributed by atoms with E-state index in [-0.39, 0.29) is 81.8 Å². The summed E-state index contributed by atoms with van der Waals surface area (Å²) in [6, 6.07) is 0.